The molecule has 0 amide bonds. The summed E-state index contributed by atoms with van der Waals surface area (Å²) in [6.07, 6.45) is 1.83. The lowest BCUT2D eigenvalue weighted by Gasteiger charge is -2.25. The molecule has 0 aliphatic carbocycles. The number of ether oxygens (including phenoxy) is 1. The smallest absolute Gasteiger partial charge is 0.236 e. The van der Waals surface area contributed by atoms with Crippen molar-refractivity contribution in [2.75, 3.05) is 57.0 Å². The van der Waals surface area contributed by atoms with E-state index in [2.05, 4.69) is 10.3 Å². The molecule has 1 unspecified atom stereocenters. The maximum Gasteiger partial charge on any atom is 0.236 e. The second-order valence-electron chi connectivity index (χ2n) is 6.85. The summed E-state index contributed by atoms with van der Waals surface area (Å²) in [4.78, 5) is 6.30. The van der Waals surface area contributed by atoms with Crippen LogP contribution in [0.25, 0.3) is 0 Å². The van der Waals surface area contributed by atoms with Crippen LogP contribution in [-0.2, 0) is 21.2 Å². The molecule has 1 aromatic carbocycles. The fraction of sp³-hybridized carbons (Fsp3) is 0.611. The number of para-hydroxylation sites is 1. The van der Waals surface area contributed by atoms with Crippen LogP contribution in [0.2, 0.25) is 0 Å². The van der Waals surface area contributed by atoms with E-state index in [-0.39, 0.29) is 29.7 Å². The van der Waals surface area contributed by atoms with E-state index in [0.717, 1.165) is 43.9 Å². The number of halogens is 1. The Labute approximate surface area is 179 Å². The second-order valence-corrected chi connectivity index (χ2v) is 8.86. The molecule has 1 atom stereocenters. The lowest BCUT2D eigenvalue weighted by atomic mass is 10.1. The summed E-state index contributed by atoms with van der Waals surface area (Å²) in [6.45, 7) is 3.31. The zero-order valence-corrected chi connectivity index (χ0v) is 19.1. The van der Waals surface area contributed by atoms with Gasteiger partial charge in [0.05, 0.1) is 18.0 Å². The number of fused-ring (bicyclic) bond motifs is 1. The van der Waals surface area contributed by atoms with Gasteiger partial charge in [-0.3, -0.25) is 9.30 Å². The molecule has 0 aromatic heterocycles. The fourth-order valence-corrected chi connectivity index (χ4v) is 5.01. The number of nitrogens with zero attached hydrogens (tertiary/aromatic N) is 3. The highest BCUT2D eigenvalue weighted by molar-refractivity contribution is 14.0. The van der Waals surface area contributed by atoms with E-state index in [0.29, 0.717) is 25.0 Å². The van der Waals surface area contributed by atoms with Crippen LogP contribution in [0.3, 0.4) is 0 Å². The predicted molar refractivity (Wildman–Crippen MR) is 120 cm³/mol. The molecule has 9 heteroatoms. The Bertz CT molecular complexity index is 751. The van der Waals surface area contributed by atoms with Gasteiger partial charge < -0.3 is 15.0 Å². The second kappa shape index (κ2) is 9.92. The van der Waals surface area contributed by atoms with Crippen molar-refractivity contribution in [1.29, 1.82) is 0 Å². The number of nitrogens with one attached hydrogen (secondary N) is 1. The minimum atomic E-state index is -3.35. The summed E-state index contributed by atoms with van der Waals surface area (Å²) in [5, 5.41) is 3.18. The first kappa shape index (κ1) is 22.2. The van der Waals surface area contributed by atoms with Gasteiger partial charge in [-0.2, -0.15) is 0 Å². The zero-order valence-electron chi connectivity index (χ0n) is 15.9. The standard InChI is InChI=1S/C18H28N4O3S.HI/c1-19-18(21(2)13-15-8-11-25-14-15)20-9-12-26(23,24)22-10-7-16-5-3-4-6-17(16)22;/h3-6,15H,7-14H2,1-2H3,(H,19,20);1H. The minimum absolute atomic E-state index is 0. The lowest BCUT2D eigenvalue weighted by molar-refractivity contribution is 0.181. The van der Waals surface area contributed by atoms with E-state index in [1.54, 1.807) is 7.05 Å². The summed E-state index contributed by atoms with van der Waals surface area (Å²) in [5.74, 6) is 1.26. The average molecular weight is 508 g/mol. The Hall–Kier alpha value is -1.07. The SMILES string of the molecule is CN=C(NCCS(=O)(=O)N1CCc2ccccc21)N(C)CC1CCOC1.I. The fourth-order valence-electron chi connectivity index (χ4n) is 3.58. The Kier molecular flexibility index (Phi) is 8.17. The molecule has 0 bridgehead atoms. The first-order valence-corrected chi connectivity index (χ1v) is 10.7. The Morgan fingerprint density at radius 1 is 1.41 bits per heavy atom. The van der Waals surface area contributed by atoms with Crippen LogP contribution in [0.5, 0.6) is 0 Å². The molecule has 0 saturated carbocycles. The van der Waals surface area contributed by atoms with Crippen molar-refractivity contribution in [2.24, 2.45) is 10.9 Å². The number of guanidine groups is 1. The number of benzene rings is 1. The highest BCUT2D eigenvalue weighted by atomic mass is 127. The number of hydrogen-bond donors (Lipinski definition) is 1. The number of aliphatic imine (C=N–C) groups is 1. The molecule has 7 nitrogen and oxygen atoms in total. The quantitative estimate of drug-likeness (QED) is 0.359. The molecule has 1 aromatic rings. The molecule has 0 spiro atoms. The van der Waals surface area contributed by atoms with Crippen LogP contribution >= 0.6 is 24.0 Å². The van der Waals surface area contributed by atoms with Crippen molar-refractivity contribution in [3.05, 3.63) is 29.8 Å². The summed E-state index contributed by atoms with van der Waals surface area (Å²) >= 11 is 0. The Balaban J connectivity index is 0.00000261. The van der Waals surface area contributed by atoms with Crippen LogP contribution < -0.4 is 9.62 Å². The van der Waals surface area contributed by atoms with Crippen LogP contribution in [0.15, 0.2) is 29.3 Å². The zero-order chi connectivity index (χ0) is 18.6. The molecule has 2 aliphatic heterocycles. The number of anilines is 1. The third-order valence-corrected chi connectivity index (χ3v) is 6.72. The van der Waals surface area contributed by atoms with Gasteiger partial charge >= 0.3 is 0 Å². The van der Waals surface area contributed by atoms with E-state index in [1.807, 2.05) is 36.2 Å². The Morgan fingerprint density at radius 3 is 2.89 bits per heavy atom. The topological polar surface area (TPSA) is 74.2 Å². The van der Waals surface area contributed by atoms with Crippen LogP contribution in [0, 0.1) is 5.92 Å². The predicted octanol–water partition coefficient (Wildman–Crippen LogP) is 1.54. The monoisotopic (exact) mass is 508 g/mol. The lowest BCUT2D eigenvalue weighted by Crippen LogP contribution is -2.44. The van der Waals surface area contributed by atoms with Gasteiger partial charge in [-0.25, -0.2) is 8.42 Å². The van der Waals surface area contributed by atoms with Crippen molar-refractivity contribution in [1.82, 2.24) is 10.2 Å². The average Bonchev–Trinajstić information content (AvgIpc) is 3.28. The molecule has 3 rings (SSSR count). The van der Waals surface area contributed by atoms with E-state index >= 15 is 0 Å². The molecule has 1 saturated heterocycles. The van der Waals surface area contributed by atoms with Gasteiger partial charge in [0.1, 0.15) is 0 Å². The first-order chi connectivity index (χ1) is 12.5. The third kappa shape index (κ3) is 5.47. The van der Waals surface area contributed by atoms with Crippen molar-refractivity contribution in [3.8, 4) is 0 Å². The molecule has 152 valence electrons. The maximum absolute atomic E-state index is 12.7. The highest BCUT2D eigenvalue weighted by Crippen LogP contribution is 2.29. The van der Waals surface area contributed by atoms with E-state index in [4.69, 9.17) is 4.74 Å². The van der Waals surface area contributed by atoms with Crippen molar-refractivity contribution < 1.29 is 13.2 Å². The van der Waals surface area contributed by atoms with Gasteiger partial charge in [0, 0.05) is 46.3 Å². The van der Waals surface area contributed by atoms with Crippen molar-refractivity contribution >= 4 is 45.6 Å². The van der Waals surface area contributed by atoms with Crippen LogP contribution in [0.4, 0.5) is 5.69 Å². The molecule has 2 aliphatic rings. The van der Waals surface area contributed by atoms with E-state index < -0.39 is 10.0 Å². The van der Waals surface area contributed by atoms with Gasteiger partial charge in [-0.05, 0) is 24.5 Å². The molecular formula is C18H29IN4O3S. The number of rotatable bonds is 6. The largest absolute Gasteiger partial charge is 0.381 e. The van der Waals surface area contributed by atoms with Crippen LogP contribution in [0.1, 0.15) is 12.0 Å². The highest BCUT2D eigenvalue weighted by Gasteiger charge is 2.28. The van der Waals surface area contributed by atoms with Gasteiger partial charge in [-0.1, -0.05) is 18.2 Å². The van der Waals surface area contributed by atoms with Crippen LogP contribution in [-0.4, -0.2) is 72.0 Å². The normalized spacial score (nSPS) is 19.6. The summed E-state index contributed by atoms with van der Waals surface area (Å²) in [7, 11) is 0.341. The van der Waals surface area contributed by atoms with Crippen molar-refractivity contribution in [3.63, 3.8) is 0 Å². The van der Waals surface area contributed by atoms with E-state index in [9.17, 15) is 8.42 Å². The van der Waals surface area contributed by atoms with Crippen molar-refractivity contribution in [2.45, 2.75) is 12.8 Å². The van der Waals surface area contributed by atoms with Gasteiger partial charge in [0.15, 0.2) is 5.96 Å². The molecule has 0 radical (unpaired) electrons. The third-order valence-electron chi connectivity index (χ3n) is 4.95. The summed E-state index contributed by atoms with van der Waals surface area (Å²) < 4.78 is 32.4. The summed E-state index contributed by atoms with van der Waals surface area (Å²) in [6, 6.07) is 7.70. The molecule has 27 heavy (non-hydrogen) atoms. The maximum atomic E-state index is 12.7. The van der Waals surface area contributed by atoms with Gasteiger partial charge in [0.2, 0.25) is 10.0 Å². The molecule has 1 fully saturated rings. The number of sulfonamides is 1. The van der Waals surface area contributed by atoms with Gasteiger partial charge in [0.25, 0.3) is 0 Å². The van der Waals surface area contributed by atoms with Gasteiger partial charge in [-0.15, -0.1) is 24.0 Å². The minimum Gasteiger partial charge on any atom is -0.381 e. The molecule has 2 heterocycles. The number of hydrogen-bond acceptors (Lipinski definition) is 4. The molecule has 1 N–H and O–H groups in total. The molecular weight excluding hydrogens is 479 g/mol. The first-order valence-electron chi connectivity index (χ1n) is 9.09. The van der Waals surface area contributed by atoms with E-state index in [1.165, 1.54) is 4.31 Å². The summed E-state index contributed by atoms with van der Waals surface area (Å²) in [5.41, 5.74) is 1.91. The Morgan fingerprint density at radius 2 is 2.19 bits per heavy atom.